The number of amides is 1. The maximum atomic E-state index is 12.5. The van der Waals surface area contributed by atoms with Crippen molar-refractivity contribution in [3.63, 3.8) is 0 Å². The molecule has 1 rings (SSSR count). The van der Waals surface area contributed by atoms with Crippen LogP contribution < -0.4 is 0 Å². The van der Waals surface area contributed by atoms with Gasteiger partial charge in [-0.15, -0.1) is 0 Å². The second-order valence-electron chi connectivity index (χ2n) is 4.06. The lowest BCUT2D eigenvalue weighted by Gasteiger charge is -2.33. The zero-order chi connectivity index (χ0) is 16.2. The summed E-state index contributed by atoms with van der Waals surface area (Å²) in [6, 6.07) is 0. The number of ether oxygens (including phenoxy) is 1. The minimum Gasteiger partial charge on any atom is -0.370 e. The van der Waals surface area contributed by atoms with Gasteiger partial charge in [0.25, 0.3) is 6.43 Å². The number of nitrogens with zero attached hydrogens (tertiary/aromatic N) is 1. The van der Waals surface area contributed by atoms with Gasteiger partial charge in [-0.1, -0.05) is 17.7 Å². The van der Waals surface area contributed by atoms with Crippen molar-refractivity contribution < 1.29 is 26.7 Å². The molecule has 10 heteroatoms. The largest absolute Gasteiger partial charge is 0.370 e. The van der Waals surface area contributed by atoms with Crippen LogP contribution in [0.1, 0.15) is 6.92 Å². The third-order valence-electron chi connectivity index (χ3n) is 2.69. The minimum absolute atomic E-state index is 0.0576. The van der Waals surface area contributed by atoms with Crippen LogP contribution >= 0.6 is 22.3 Å². The van der Waals surface area contributed by atoms with Crippen LogP contribution in [0.2, 0.25) is 0 Å². The molecule has 0 fully saturated rings. The van der Waals surface area contributed by atoms with Gasteiger partial charge in [-0.25, -0.2) is 17.2 Å². The number of hydrogen-bond donors (Lipinski definition) is 0. The van der Waals surface area contributed by atoms with Crippen LogP contribution in [0.25, 0.3) is 0 Å². The van der Waals surface area contributed by atoms with Crippen molar-refractivity contribution >= 4 is 37.7 Å². The van der Waals surface area contributed by atoms with E-state index in [9.17, 15) is 22.0 Å². The van der Waals surface area contributed by atoms with E-state index in [-0.39, 0.29) is 23.7 Å². The number of alkyl halides is 2. The monoisotopic (exact) mass is 363 g/mol. The number of carbonyl (C=O) groups excluding carboxylic acids is 1. The fourth-order valence-corrected chi connectivity index (χ4v) is 3.42. The van der Waals surface area contributed by atoms with Gasteiger partial charge in [0, 0.05) is 17.3 Å². The first kappa shape index (κ1) is 18.3. The number of halogens is 4. The van der Waals surface area contributed by atoms with Crippen molar-refractivity contribution in [3.8, 4) is 0 Å². The molecule has 0 spiro atoms. The van der Waals surface area contributed by atoms with E-state index in [1.807, 2.05) is 0 Å². The molecule has 0 N–H and O–H groups in total. The Labute approximate surface area is 130 Å². The van der Waals surface area contributed by atoms with Gasteiger partial charge in [0.1, 0.15) is 11.4 Å². The Morgan fingerprint density at radius 2 is 2.14 bits per heavy atom. The summed E-state index contributed by atoms with van der Waals surface area (Å²) in [5.74, 6) is 0. The third kappa shape index (κ3) is 4.64. The molecule has 1 aliphatic rings. The molecule has 5 nitrogen and oxygen atoms in total. The highest BCUT2D eigenvalue weighted by atomic mass is 35.7. The van der Waals surface area contributed by atoms with Crippen LogP contribution in [0, 0.1) is 0 Å². The number of rotatable bonds is 7. The Balaban J connectivity index is 3.28. The molecule has 0 heterocycles. The van der Waals surface area contributed by atoms with Gasteiger partial charge < -0.3 is 9.64 Å². The average molecular weight is 364 g/mol. The molecule has 1 aliphatic carbocycles. The lowest BCUT2D eigenvalue weighted by molar-refractivity contribution is -0.119. The molecule has 0 saturated carbocycles. The van der Waals surface area contributed by atoms with Gasteiger partial charge in [0.2, 0.25) is 15.5 Å². The molecular formula is C11H13Cl2F2NO4S. The molecule has 0 aromatic heterocycles. The molecule has 1 amide bonds. The van der Waals surface area contributed by atoms with Crippen molar-refractivity contribution in [1.29, 1.82) is 0 Å². The van der Waals surface area contributed by atoms with Gasteiger partial charge >= 0.3 is 0 Å². The molecular weight excluding hydrogens is 351 g/mol. The first-order valence-corrected chi connectivity index (χ1v) is 8.60. The van der Waals surface area contributed by atoms with Gasteiger partial charge in [-0.2, -0.15) is 0 Å². The molecule has 2 atom stereocenters. The van der Waals surface area contributed by atoms with E-state index in [2.05, 4.69) is 0 Å². The fraction of sp³-hybridized carbons (Fsp3) is 0.545. The smallest absolute Gasteiger partial charge is 0.256 e. The van der Waals surface area contributed by atoms with Gasteiger partial charge in [0.05, 0.1) is 17.3 Å². The summed E-state index contributed by atoms with van der Waals surface area (Å²) in [5, 5.41) is -1.38. The summed E-state index contributed by atoms with van der Waals surface area (Å²) in [6.07, 6.45) is -1.52. The molecule has 120 valence electrons. The van der Waals surface area contributed by atoms with Crippen LogP contribution in [-0.2, 0) is 18.6 Å². The molecule has 0 radical (unpaired) electrons. The van der Waals surface area contributed by atoms with Crippen molar-refractivity contribution in [3.05, 3.63) is 22.9 Å². The number of carbonyl (C=O) groups is 1. The molecule has 0 aliphatic heterocycles. The first-order chi connectivity index (χ1) is 9.72. The molecule has 2 unspecified atom stereocenters. The van der Waals surface area contributed by atoms with E-state index >= 15 is 0 Å². The second kappa shape index (κ2) is 7.53. The molecule has 0 aromatic rings. The summed E-state index contributed by atoms with van der Waals surface area (Å²) < 4.78 is 53.5. The predicted molar refractivity (Wildman–Crippen MR) is 74.8 cm³/mol. The minimum atomic E-state index is -4.09. The van der Waals surface area contributed by atoms with Crippen molar-refractivity contribution in [1.82, 2.24) is 4.90 Å². The van der Waals surface area contributed by atoms with Crippen molar-refractivity contribution in [2.24, 2.45) is 0 Å². The van der Waals surface area contributed by atoms with Crippen LogP contribution in [-0.4, -0.2) is 50.7 Å². The quantitative estimate of drug-likeness (QED) is 0.513. The SMILES string of the molecule is CCOC1C(N(C=O)CC(F)F)=C(Cl)C=CC1S(=O)(=O)Cl. The van der Waals surface area contributed by atoms with E-state index in [4.69, 9.17) is 27.0 Å². The highest BCUT2D eigenvalue weighted by Crippen LogP contribution is 2.32. The number of allylic oxidation sites excluding steroid dienone is 2. The summed E-state index contributed by atoms with van der Waals surface area (Å²) >= 11 is 5.91. The van der Waals surface area contributed by atoms with E-state index in [1.54, 1.807) is 6.92 Å². The zero-order valence-corrected chi connectivity index (χ0v) is 13.2. The van der Waals surface area contributed by atoms with Crippen LogP contribution in [0.4, 0.5) is 8.78 Å². The van der Waals surface area contributed by atoms with E-state index in [0.29, 0.717) is 4.90 Å². The molecule has 0 saturated heterocycles. The van der Waals surface area contributed by atoms with Gasteiger partial charge in [-0.05, 0) is 13.0 Å². The Kier molecular flexibility index (Phi) is 6.58. The maximum Gasteiger partial charge on any atom is 0.256 e. The topological polar surface area (TPSA) is 63.7 Å². The molecule has 0 bridgehead atoms. The first-order valence-electron chi connectivity index (χ1n) is 5.85. The zero-order valence-electron chi connectivity index (χ0n) is 10.9. The fourth-order valence-electron chi connectivity index (χ4n) is 1.90. The Bertz CT molecular complexity index is 550. The van der Waals surface area contributed by atoms with Crippen LogP contribution in [0.5, 0.6) is 0 Å². The number of hydrogen-bond acceptors (Lipinski definition) is 4. The summed E-state index contributed by atoms with van der Waals surface area (Å²) in [5.41, 5.74) is -0.148. The van der Waals surface area contributed by atoms with Crippen LogP contribution in [0.3, 0.4) is 0 Å². The highest BCUT2D eigenvalue weighted by molar-refractivity contribution is 8.14. The Hall–Kier alpha value is -0.700. The Morgan fingerprint density at radius 1 is 1.52 bits per heavy atom. The summed E-state index contributed by atoms with van der Waals surface area (Å²) in [4.78, 5) is 11.7. The third-order valence-corrected chi connectivity index (χ3v) is 4.68. The Morgan fingerprint density at radius 3 is 2.57 bits per heavy atom. The van der Waals surface area contributed by atoms with E-state index < -0.39 is 33.4 Å². The van der Waals surface area contributed by atoms with Crippen molar-refractivity contribution in [2.75, 3.05) is 13.2 Å². The van der Waals surface area contributed by atoms with Gasteiger partial charge in [-0.3, -0.25) is 4.79 Å². The highest BCUT2D eigenvalue weighted by Gasteiger charge is 2.39. The lowest BCUT2D eigenvalue weighted by atomic mass is 10.1. The van der Waals surface area contributed by atoms with Gasteiger partial charge in [0.15, 0.2) is 0 Å². The maximum absolute atomic E-state index is 12.5. The summed E-state index contributed by atoms with van der Waals surface area (Å²) in [7, 11) is 1.24. The molecule has 0 aromatic carbocycles. The predicted octanol–water partition coefficient (Wildman–Crippen LogP) is 2.07. The van der Waals surface area contributed by atoms with Crippen LogP contribution in [0.15, 0.2) is 22.9 Å². The van der Waals surface area contributed by atoms with E-state index in [1.165, 1.54) is 12.2 Å². The normalized spacial score (nSPS) is 22.8. The van der Waals surface area contributed by atoms with Crippen molar-refractivity contribution in [2.45, 2.75) is 24.7 Å². The lowest BCUT2D eigenvalue weighted by Crippen LogP contribution is -2.43. The standard InChI is InChI=1S/C11H13Cl2F2NO4S/c1-2-20-11-8(21(13,18)19)4-3-7(12)10(11)16(6-17)5-9(14)15/h3-4,6,8-9,11H,2,5H2,1H3. The average Bonchev–Trinajstić information content (AvgIpc) is 2.35. The molecule has 21 heavy (non-hydrogen) atoms. The van der Waals surface area contributed by atoms with E-state index in [0.717, 1.165) is 0 Å². The summed E-state index contributed by atoms with van der Waals surface area (Å²) in [6.45, 7) is 0.734. The second-order valence-corrected chi connectivity index (χ2v) is 7.25.